The first-order valence-electron chi connectivity index (χ1n) is 10.7. The first kappa shape index (κ1) is 28.5. The van der Waals surface area contributed by atoms with E-state index < -0.39 is 53.3 Å². The molecule has 2 rings (SSSR count). The van der Waals surface area contributed by atoms with Crippen molar-refractivity contribution in [3.8, 4) is 0 Å². The quantitative estimate of drug-likeness (QED) is 0.297. The van der Waals surface area contributed by atoms with Gasteiger partial charge in [0.1, 0.15) is 11.7 Å². The molecule has 0 aromatic rings. The fraction of sp³-hybridized carbons (Fsp3) is 0.900. The van der Waals surface area contributed by atoms with Crippen LogP contribution in [0.4, 0.5) is 43.9 Å². The van der Waals surface area contributed by atoms with Gasteiger partial charge in [-0.1, -0.05) is 13.3 Å². The van der Waals surface area contributed by atoms with Gasteiger partial charge >= 0.3 is 41.6 Å². The van der Waals surface area contributed by atoms with E-state index >= 15 is 4.39 Å². The van der Waals surface area contributed by atoms with Gasteiger partial charge in [0, 0.05) is 0 Å². The van der Waals surface area contributed by atoms with Crippen molar-refractivity contribution in [3.63, 3.8) is 0 Å². The van der Waals surface area contributed by atoms with Crippen LogP contribution in [0, 0.1) is 5.41 Å². The van der Waals surface area contributed by atoms with Crippen LogP contribution in [-0.2, 0) is 19.1 Å². The monoisotopic (exact) mass is 518 g/mol. The Morgan fingerprint density at radius 3 is 1.59 bits per heavy atom. The van der Waals surface area contributed by atoms with Crippen LogP contribution in [0.1, 0.15) is 71.1 Å². The second-order valence-electron chi connectivity index (χ2n) is 8.70. The lowest BCUT2D eigenvalue weighted by molar-refractivity contribution is -0.400. The lowest BCUT2D eigenvalue weighted by atomic mass is 9.70. The van der Waals surface area contributed by atoms with Crippen molar-refractivity contribution >= 4 is 11.9 Å². The summed E-state index contributed by atoms with van der Waals surface area (Å²) in [7, 11) is 0. The Morgan fingerprint density at radius 2 is 1.21 bits per heavy atom. The molecule has 1 unspecified atom stereocenters. The fourth-order valence-electron chi connectivity index (χ4n) is 4.64. The topological polar surface area (TPSA) is 52.6 Å². The van der Waals surface area contributed by atoms with E-state index in [4.69, 9.17) is 0 Å². The molecule has 2 saturated carbocycles. The number of hydrogen-bond donors (Lipinski definition) is 0. The van der Waals surface area contributed by atoms with Crippen LogP contribution >= 0.6 is 0 Å². The molecular weight excluding hydrogens is 494 g/mol. The summed E-state index contributed by atoms with van der Waals surface area (Å²) in [6.07, 6.45) is -23.0. The van der Waals surface area contributed by atoms with Crippen molar-refractivity contribution in [1.29, 1.82) is 0 Å². The average Bonchev–Trinajstić information content (AvgIpc) is 3.18. The first-order chi connectivity index (χ1) is 15.4. The maximum Gasteiger partial charge on any atom is 0.435 e. The summed E-state index contributed by atoms with van der Waals surface area (Å²) < 4.78 is 150. The number of carbonyl (C=O) groups excluding carboxylic acids is 2. The predicted molar refractivity (Wildman–Crippen MR) is 95.0 cm³/mol. The smallest absolute Gasteiger partial charge is 0.435 e. The van der Waals surface area contributed by atoms with Crippen LogP contribution in [-0.4, -0.2) is 47.8 Å². The Balaban J connectivity index is 2.74. The van der Waals surface area contributed by atoms with E-state index in [0.29, 0.717) is 6.42 Å². The summed E-state index contributed by atoms with van der Waals surface area (Å²) in [5, 5.41) is 0. The van der Waals surface area contributed by atoms with Gasteiger partial charge in [0.05, 0.1) is 0 Å². The van der Waals surface area contributed by atoms with Gasteiger partial charge in [0.25, 0.3) is 0 Å². The first-order valence-corrected chi connectivity index (χ1v) is 10.7. The molecule has 0 radical (unpaired) electrons. The average molecular weight is 518 g/mol. The highest BCUT2D eigenvalue weighted by atomic mass is 19.4. The van der Waals surface area contributed by atoms with Gasteiger partial charge in [0.2, 0.25) is 0 Å². The highest BCUT2D eigenvalue weighted by molar-refractivity contribution is 5.93. The highest BCUT2D eigenvalue weighted by Crippen LogP contribution is 2.64. The number of alkyl halides is 10. The molecular formula is C20H24F10O4. The summed E-state index contributed by atoms with van der Waals surface area (Å²) in [5.41, 5.74) is -15.7. The van der Waals surface area contributed by atoms with Gasteiger partial charge in [-0.3, -0.25) is 4.79 Å². The second kappa shape index (κ2) is 9.36. The van der Waals surface area contributed by atoms with Crippen LogP contribution in [0.2, 0.25) is 0 Å². The van der Waals surface area contributed by atoms with E-state index in [1.54, 1.807) is 0 Å². The maximum atomic E-state index is 15.6. The van der Waals surface area contributed by atoms with E-state index in [1.807, 2.05) is 0 Å². The Labute approximate surface area is 188 Å². The lowest BCUT2D eigenvalue weighted by Crippen LogP contribution is -2.75. The molecule has 198 valence electrons. The molecule has 2 aliphatic carbocycles. The number of ether oxygens (including phenoxy) is 2. The van der Waals surface area contributed by atoms with Crippen LogP contribution in [0.5, 0.6) is 0 Å². The second-order valence-corrected chi connectivity index (χ2v) is 8.70. The van der Waals surface area contributed by atoms with Gasteiger partial charge in [-0.05, 0) is 57.8 Å². The normalized spacial score (nSPS) is 22.2. The number of halogens is 10. The fourth-order valence-corrected chi connectivity index (χ4v) is 4.64. The largest absolute Gasteiger partial charge is 0.461 e. The molecule has 0 bridgehead atoms. The van der Waals surface area contributed by atoms with Crippen molar-refractivity contribution < 1.29 is 63.0 Å². The van der Waals surface area contributed by atoms with Gasteiger partial charge in [-0.15, -0.1) is 0 Å². The van der Waals surface area contributed by atoms with Gasteiger partial charge < -0.3 is 9.47 Å². The summed E-state index contributed by atoms with van der Waals surface area (Å²) in [5.74, 6) is -7.05. The number of rotatable bonds is 6. The molecule has 1 atom stereocenters. The summed E-state index contributed by atoms with van der Waals surface area (Å²) in [4.78, 5) is 24.8. The Kier molecular flexibility index (Phi) is 7.84. The molecule has 4 nitrogen and oxygen atoms in total. The molecule has 0 saturated heterocycles. The SMILES string of the molecule is CCC1(OC(=O)C(F)(C(F)(F)F)C(C(=O)OC2CCCC2)(C(F)(F)F)C(F)(F)F)CCCCC1. The third-order valence-corrected chi connectivity index (χ3v) is 6.64. The zero-order valence-electron chi connectivity index (χ0n) is 18.1. The molecule has 14 heteroatoms. The maximum absolute atomic E-state index is 15.6. The molecule has 2 aliphatic rings. The van der Waals surface area contributed by atoms with Crippen molar-refractivity contribution in [2.75, 3.05) is 0 Å². The van der Waals surface area contributed by atoms with Gasteiger partial charge in [-0.25, -0.2) is 9.18 Å². The van der Waals surface area contributed by atoms with E-state index in [9.17, 15) is 49.1 Å². The molecule has 0 amide bonds. The van der Waals surface area contributed by atoms with Crippen LogP contribution < -0.4 is 0 Å². The number of carbonyl (C=O) groups is 2. The molecule has 0 aromatic heterocycles. The number of hydrogen-bond acceptors (Lipinski definition) is 4. The number of esters is 2. The minimum Gasteiger partial charge on any atom is -0.461 e. The standard InChI is InChI=1S/C20H24F10O4/c1-2-15(10-6-3-7-11-15)34-14(32)17(21,20(28,29)30)16(18(22,23)24,19(25,26)27)13(31)33-12-8-4-5-9-12/h12H,2-11H2,1H3. The van der Waals surface area contributed by atoms with E-state index in [2.05, 4.69) is 9.47 Å². The van der Waals surface area contributed by atoms with Crippen molar-refractivity contribution in [3.05, 3.63) is 0 Å². The third kappa shape index (κ3) is 4.57. The van der Waals surface area contributed by atoms with Crippen molar-refractivity contribution in [1.82, 2.24) is 0 Å². The van der Waals surface area contributed by atoms with Crippen molar-refractivity contribution in [2.24, 2.45) is 5.41 Å². The summed E-state index contributed by atoms with van der Waals surface area (Å²) in [6, 6.07) is 0. The van der Waals surface area contributed by atoms with Gasteiger partial charge in [0.15, 0.2) is 0 Å². The molecule has 0 N–H and O–H groups in total. The van der Waals surface area contributed by atoms with E-state index in [1.165, 1.54) is 6.92 Å². The van der Waals surface area contributed by atoms with Crippen LogP contribution in [0.3, 0.4) is 0 Å². The highest BCUT2D eigenvalue weighted by Gasteiger charge is 2.95. The molecule has 0 aromatic carbocycles. The van der Waals surface area contributed by atoms with E-state index in [-0.39, 0.29) is 57.8 Å². The molecule has 34 heavy (non-hydrogen) atoms. The van der Waals surface area contributed by atoms with Crippen LogP contribution in [0.25, 0.3) is 0 Å². The third-order valence-electron chi connectivity index (χ3n) is 6.64. The Bertz CT molecular complexity index is 732. The van der Waals surface area contributed by atoms with E-state index in [0.717, 1.165) is 0 Å². The Morgan fingerprint density at radius 1 is 0.735 bits per heavy atom. The zero-order valence-corrected chi connectivity index (χ0v) is 18.1. The Hall–Kier alpha value is -1.76. The van der Waals surface area contributed by atoms with Gasteiger partial charge in [-0.2, -0.15) is 39.5 Å². The summed E-state index contributed by atoms with van der Waals surface area (Å²) in [6.45, 7) is 1.28. The van der Waals surface area contributed by atoms with Crippen LogP contribution in [0.15, 0.2) is 0 Å². The predicted octanol–water partition coefficient (Wildman–Crippen LogP) is 6.51. The molecule has 0 spiro atoms. The molecule has 2 fully saturated rings. The summed E-state index contributed by atoms with van der Waals surface area (Å²) >= 11 is 0. The lowest BCUT2D eigenvalue weighted by Gasteiger charge is -2.45. The van der Waals surface area contributed by atoms with Crippen molar-refractivity contribution in [2.45, 2.75) is 107 Å². The zero-order chi connectivity index (χ0) is 26.2. The minimum atomic E-state index is -7.27. The molecule has 0 aliphatic heterocycles. The molecule has 0 heterocycles. The minimum absolute atomic E-state index is 0.194.